The molecule has 0 fully saturated rings. The van der Waals surface area contributed by atoms with E-state index >= 15 is 0 Å². The second-order valence-electron chi connectivity index (χ2n) is 1.37. The first-order chi connectivity index (χ1) is 3.72. The van der Waals surface area contributed by atoms with Gasteiger partial charge in [0.25, 0.3) is 0 Å². The largest absolute Gasteiger partial charge is 0.248 e. The maximum Gasteiger partial charge on any atom is 0.211 e. The van der Waals surface area contributed by atoms with Crippen LogP contribution in [-0.4, -0.2) is 10.4 Å². The molecule has 4 heteroatoms. The SMILES string of the molecule is CC1=C(Cl)[C-]=[NH+]S1=O. The van der Waals surface area contributed by atoms with Crippen LogP contribution >= 0.6 is 11.6 Å². The summed E-state index contributed by atoms with van der Waals surface area (Å²) >= 11 is 5.47. The Morgan fingerprint density at radius 1 is 1.88 bits per heavy atom. The Bertz CT molecular complexity index is 192. The van der Waals surface area contributed by atoms with E-state index in [1.165, 1.54) is 0 Å². The highest BCUT2D eigenvalue weighted by Crippen LogP contribution is 2.07. The summed E-state index contributed by atoms with van der Waals surface area (Å²) in [5.41, 5.74) is 0. The lowest BCUT2D eigenvalue weighted by Crippen LogP contribution is -2.66. The highest BCUT2D eigenvalue weighted by atomic mass is 35.5. The summed E-state index contributed by atoms with van der Waals surface area (Å²) in [7, 11) is -1.11. The summed E-state index contributed by atoms with van der Waals surface area (Å²) in [6, 6.07) is 0. The molecule has 2 nitrogen and oxygen atoms in total. The van der Waals surface area contributed by atoms with E-state index in [4.69, 9.17) is 11.6 Å². The molecule has 0 aromatic rings. The molecule has 1 atom stereocenters. The fraction of sp³-hybridized carbons (Fsp3) is 0.250. The molecule has 0 saturated heterocycles. The van der Waals surface area contributed by atoms with Crippen molar-refractivity contribution < 1.29 is 8.61 Å². The number of rotatable bonds is 0. The second-order valence-corrected chi connectivity index (χ2v) is 3.10. The number of halogens is 1. The first-order valence-corrected chi connectivity index (χ1v) is 3.54. The standard InChI is InChI=1S/C4H4ClNOS/c1-3-4(5)2-6-8(3)7/h6H,1H3. The molecule has 1 N–H and O–H groups in total. The van der Waals surface area contributed by atoms with Crippen LogP contribution in [0.5, 0.6) is 0 Å². The van der Waals surface area contributed by atoms with Crippen molar-refractivity contribution in [3.8, 4) is 0 Å². The Morgan fingerprint density at radius 2 is 2.50 bits per heavy atom. The van der Waals surface area contributed by atoms with E-state index in [9.17, 15) is 4.21 Å². The van der Waals surface area contributed by atoms with Gasteiger partial charge in [0.05, 0.1) is 6.21 Å². The summed E-state index contributed by atoms with van der Waals surface area (Å²) in [4.78, 5) is 0.645. The molecule has 0 saturated carbocycles. The summed E-state index contributed by atoms with van der Waals surface area (Å²) in [6.07, 6.45) is 2.51. The highest BCUT2D eigenvalue weighted by Gasteiger charge is 2.05. The van der Waals surface area contributed by atoms with Crippen LogP contribution in [0.15, 0.2) is 9.94 Å². The van der Waals surface area contributed by atoms with Gasteiger partial charge in [0, 0.05) is 0 Å². The van der Waals surface area contributed by atoms with Gasteiger partial charge in [-0.25, -0.2) is 8.61 Å². The monoisotopic (exact) mass is 149 g/mol. The van der Waals surface area contributed by atoms with Crippen molar-refractivity contribution >= 4 is 28.8 Å². The molecule has 1 unspecified atom stereocenters. The molecule has 0 aromatic heterocycles. The molecule has 44 valence electrons. The molecule has 1 rings (SSSR count). The number of nitrogens with one attached hydrogen (secondary N) is 1. The topological polar surface area (TPSA) is 31.0 Å². The molecular formula is C4H4ClNOS. The summed E-state index contributed by atoms with van der Waals surface area (Å²) in [6.45, 7) is 1.70. The minimum absolute atomic E-state index is 0.434. The molecule has 0 radical (unpaired) electrons. The third-order valence-corrected chi connectivity index (χ3v) is 2.38. The lowest BCUT2D eigenvalue weighted by Gasteiger charge is -1.89. The first kappa shape index (κ1) is 5.98. The van der Waals surface area contributed by atoms with Gasteiger partial charge in [-0.15, -0.1) is 11.6 Å². The van der Waals surface area contributed by atoms with Crippen LogP contribution in [0.2, 0.25) is 0 Å². The van der Waals surface area contributed by atoms with E-state index in [0.29, 0.717) is 9.94 Å². The van der Waals surface area contributed by atoms with Gasteiger partial charge < -0.3 is 0 Å². The van der Waals surface area contributed by atoms with Crippen molar-refractivity contribution in [3.05, 3.63) is 9.94 Å². The number of allylic oxidation sites excluding steroid dienone is 2. The lowest BCUT2D eigenvalue weighted by molar-refractivity contribution is -0.245. The van der Waals surface area contributed by atoms with Gasteiger partial charge in [0.1, 0.15) is 0 Å². The van der Waals surface area contributed by atoms with Crippen LogP contribution in [0.25, 0.3) is 0 Å². The Balaban J connectivity index is 3.02. The van der Waals surface area contributed by atoms with E-state index in [1.54, 1.807) is 6.92 Å². The Kier molecular flexibility index (Phi) is 1.49. The molecule has 0 aromatic carbocycles. The molecule has 1 aliphatic rings. The molecule has 8 heavy (non-hydrogen) atoms. The minimum Gasteiger partial charge on any atom is -0.248 e. The molecule has 1 heterocycles. The molecule has 0 bridgehead atoms. The third kappa shape index (κ3) is 0.833. The van der Waals surface area contributed by atoms with Gasteiger partial charge in [0.2, 0.25) is 11.0 Å². The van der Waals surface area contributed by atoms with Crippen molar-refractivity contribution in [1.82, 2.24) is 0 Å². The summed E-state index contributed by atoms with van der Waals surface area (Å²) in [5, 5.41) is 0.434. The van der Waals surface area contributed by atoms with Gasteiger partial charge in [-0.3, -0.25) is 0 Å². The minimum atomic E-state index is -1.11. The van der Waals surface area contributed by atoms with Crippen LogP contribution in [0.3, 0.4) is 0 Å². The van der Waals surface area contributed by atoms with Crippen LogP contribution in [-0.2, 0) is 11.0 Å². The molecule has 0 aliphatic carbocycles. The van der Waals surface area contributed by atoms with Crippen LogP contribution < -0.4 is 4.40 Å². The van der Waals surface area contributed by atoms with Gasteiger partial charge >= 0.3 is 0 Å². The number of hydrogen-bond donors (Lipinski definition) is 1. The predicted molar refractivity (Wildman–Crippen MR) is 32.7 cm³/mol. The van der Waals surface area contributed by atoms with Crippen molar-refractivity contribution in [2.45, 2.75) is 6.92 Å². The second kappa shape index (κ2) is 1.99. The van der Waals surface area contributed by atoms with Gasteiger partial charge in [-0.2, -0.15) is 0 Å². The van der Waals surface area contributed by atoms with E-state index in [-0.39, 0.29) is 0 Å². The zero-order valence-electron chi connectivity index (χ0n) is 4.19. The van der Waals surface area contributed by atoms with E-state index in [1.807, 2.05) is 0 Å². The predicted octanol–water partition coefficient (Wildman–Crippen LogP) is -0.838. The quantitative estimate of drug-likeness (QED) is 0.448. The van der Waals surface area contributed by atoms with Crippen LogP contribution in [0, 0.1) is 0 Å². The smallest absolute Gasteiger partial charge is 0.211 e. The molecule has 1 aliphatic heterocycles. The van der Waals surface area contributed by atoms with E-state index < -0.39 is 11.0 Å². The zero-order chi connectivity index (χ0) is 6.15. The van der Waals surface area contributed by atoms with Crippen molar-refractivity contribution in [1.29, 1.82) is 0 Å². The lowest BCUT2D eigenvalue weighted by atomic mass is 10.5. The van der Waals surface area contributed by atoms with Crippen molar-refractivity contribution in [3.63, 3.8) is 0 Å². The third-order valence-electron chi connectivity index (χ3n) is 0.841. The average molecular weight is 150 g/mol. The Hall–Kier alpha value is -0.150. The van der Waals surface area contributed by atoms with E-state index in [0.717, 1.165) is 0 Å². The fourth-order valence-electron chi connectivity index (χ4n) is 0.337. The maximum absolute atomic E-state index is 10.6. The normalized spacial score (nSPS) is 27.5. The maximum atomic E-state index is 10.6. The van der Waals surface area contributed by atoms with Crippen molar-refractivity contribution in [2.75, 3.05) is 0 Å². The van der Waals surface area contributed by atoms with E-state index in [2.05, 4.69) is 10.6 Å². The number of hydrogen-bond acceptors (Lipinski definition) is 1. The molecule has 0 amide bonds. The van der Waals surface area contributed by atoms with Gasteiger partial charge in [-0.05, 0) is 9.94 Å². The first-order valence-electron chi connectivity index (χ1n) is 2.01. The molecule has 0 spiro atoms. The van der Waals surface area contributed by atoms with Gasteiger partial charge in [-0.1, -0.05) is 6.92 Å². The summed E-state index contributed by atoms with van der Waals surface area (Å²) < 4.78 is 13.0. The van der Waals surface area contributed by atoms with Crippen LogP contribution in [0.4, 0.5) is 0 Å². The molecular weight excluding hydrogens is 146 g/mol. The fourth-order valence-corrected chi connectivity index (χ4v) is 1.21. The highest BCUT2D eigenvalue weighted by molar-refractivity contribution is 7.82. The Labute approximate surface area is 54.8 Å². The van der Waals surface area contributed by atoms with Gasteiger partial charge in [0.15, 0.2) is 0 Å². The summed E-state index contributed by atoms with van der Waals surface area (Å²) in [5.74, 6) is 0. The Morgan fingerprint density at radius 3 is 2.62 bits per heavy atom. The van der Waals surface area contributed by atoms with Crippen molar-refractivity contribution in [2.24, 2.45) is 0 Å². The zero-order valence-corrected chi connectivity index (χ0v) is 5.77. The van der Waals surface area contributed by atoms with Crippen LogP contribution in [0.1, 0.15) is 6.92 Å². The average Bonchev–Trinajstić information content (AvgIpc) is 1.98.